The standard InChI is InChI=1S/C20H19F3N2O4/c1-25(2)19(27)13-28-16-10-8-15(9-11-16)24-18(26)12-7-14-5-3-4-6-17(14)29-20(21,22)23/h3-12H,13H2,1-2H3,(H,24,26)/b12-7+. The summed E-state index contributed by atoms with van der Waals surface area (Å²) in [6, 6.07) is 11.8. The molecule has 0 bridgehead atoms. The summed E-state index contributed by atoms with van der Waals surface area (Å²) in [5.74, 6) is -0.685. The van der Waals surface area contributed by atoms with Gasteiger partial charge in [-0.25, -0.2) is 0 Å². The minimum Gasteiger partial charge on any atom is -0.484 e. The summed E-state index contributed by atoms with van der Waals surface area (Å²) < 4.78 is 46.5. The zero-order valence-corrected chi connectivity index (χ0v) is 15.7. The van der Waals surface area contributed by atoms with Crippen molar-refractivity contribution in [1.82, 2.24) is 4.90 Å². The van der Waals surface area contributed by atoms with E-state index in [9.17, 15) is 22.8 Å². The Balaban J connectivity index is 1.95. The van der Waals surface area contributed by atoms with Gasteiger partial charge in [-0.1, -0.05) is 18.2 Å². The van der Waals surface area contributed by atoms with Gasteiger partial charge in [0.2, 0.25) is 5.91 Å². The largest absolute Gasteiger partial charge is 0.573 e. The summed E-state index contributed by atoms with van der Waals surface area (Å²) in [4.78, 5) is 24.9. The topological polar surface area (TPSA) is 67.9 Å². The first-order valence-electron chi connectivity index (χ1n) is 8.41. The molecule has 0 saturated carbocycles. The second-order valence-electron chi connectivity index (χ2n) is 6.01. The molecule has 9 heteroatoms. The molecule has 0 aromatic heterocycles. The van der Waals surface area contributed by atoms with E-state index in [1.165, 1.54) is 29.2 Å². The molecule has 0 heterocycles. The third-order valence-corrected chi connectivity index (χ3v) is 3.54. The first kappa shape index (κ1) is 21.8. The Labute approximate surface area is 165 Å². The van der Waals surface area contributed by atoms with E-state index >= 15 is 0 Å². The lowest BCUT2D eigenvalue weighted by molar-refractivity contribution is -0.274. The average Bonchev–Trinajstić information content (AvgIpc) is 2.65. The van der Waals surface area contributed by atoms with Gasteiger partial charge in [-0.15, -0.1) is 13.2 Å². The van der Waals surface area contributed by atoms with Crippen LogP contribution in [0.4, 0.5) is 18.9 Å². The lowest BCUT2D eigenvalue weighted by atomic mass is 10.2. The van der Waals surface area contributed by atoms with Crippen molar-refractivity contribution < 1.29 is 32.2 Å². The molecule has 0 saturated heterocycles. The number of nitrogens with one attached hydrogen (secondary N) is 1. The van der Waals surface area contributed by atoms with Crippen molar-refractivity contribution in [3.8, 4) is 11.5 Å². The summed E-state index contributed by atoms with van der Waals surface area (Å²) >= 11 is 0. The van der Waals surface area contributed by atoms with E-state index < -0.39 is 18.0 Å². The quantitative estimate of drug-likeness (QED) is 0.710. The molecule has 1 N–H and O–H groups in total. The highest BCUT2D eigenvalue weighted by molar-refractivity contribution is 6.02. The van der Waals surface area contributed by atoms with Crippen LogP contribution in [0.1, 0.15) is 5.56 Å². The Kier molecular flexibility index (Phi) is 7.24. The van der Waals surface area contributed by atoms with Gasteiger partial charge < -0.3 is 19.7 Å². The fourth-order valence-corrected chi connectivity index (χ4v) is 2.09. The molecule has 2 aromatic carbocycles. The Morgan fingerprint density at radius 1 is 1.07 bits per heavy atom. The molecule has 0 aliphatic rings. The first-order chi connectivity index (χ1) is 13.6. The highest BCUT2D eigenvalue weighted by Gasteiger charge is 2.31. The number of carbonyl (C=O) groups excluding carboxylic acids is 2. The molecule has 0 fully saturated rings. The highest BCUT2D eigenvalue weighted by atomic mass is 19.4. The zero-order valence-electron chi connectivity index (χ0n) is 15.7. The molecule has 2 rings (SSSR count). The zero-order chi connectivity index (χ0) is 21.4. The fraction of sp³-hybridized carbons (Fsp3) is 0.200. The number of benzene rings is 2. The van der Waals surface area contributed by atoms with E-state index in [4.69, 9.17) is 4.74 Å². The number of hydrogen-bond acceptors (Lipinski definition) is 4. The molecule has 0 unspecified atom stereocenters. The lowest BCUT2D eigenvalue weighted by Gasteiger charge is -2.11. The van der Waals surface area contributed by atoms with Gasteiger partial charge in [-0.2, -0.15) is 0 Å². The normalized spacial score (nSPS) is 11.2. The SMILES string of the molecule is CN(C)C(=O)COc1ccc(NC(=O)/C=C/c2ccccc2OC(F)(F)F)cc1. The van der Waals surface area contributed by atoms with Crippen LogP contribution in [0.2, 0.25) is 0 Å². The maximum Gasteiger partial charge on any atom is 0.573 e. The maximum atomic E-state index is 12.4. The number of likely N-dealkylation sites (N-methyl/N-ethyl adjacent to an activating group) is 1. The van der Waals surface area contributed by atoms with Gasteiger partial charge in [-0.3, -0.25) is 9.59 Å². The molecule has 6 nitrogen and oxygen atoms in total. The summed E-state index contributed by atoms with van der Waals surface area (Å²) in [5, 5.41) is 2.57. The molecule has 0 aliphatic heterocycles. The summed E-state index contributed by atoms with van der Waals surface area (Å²) in [6.07, 6.45) is -2.51. The molecular weight excluding hydrogens is 389 g/mol. The average molecular weight is 408 g/mol. The summed E-state index contributed by atoms with van der Waals surface area (Å²) in [6.45, 7) is -0.110. The number of hydrogen-bond donors (Lipinski definition) is 1. The summed E-state index contributed by atoms with van der Waals surface area (Å²) in [5.41, 5.74) is 0.556. The third kappa shape index (κ3) is 7.57. The number of nitrogens with zero attached hydrogens (tertiary/aromatic N) is 1. The van der Waals surface area contributed by atoms with E-state index in [1.807, 2.05) is 0 Å². The Morgan fingerprint density at radius 3 is 2.34 bits per heavy atom. The minimum atomic E-state index is -4.83. The Hall–Kier alpha value is -3.49. The van der Waals surface area contributed by atoms with E-state index in [0.717, 1.165) is 12.1 Å². The number of amides is 2. The molecule has 0 radical (unpaired) electrons. The molecule has 0 spiro atoms. The van der Waals surface area contributed by atoms with Crippen molar-refractivity contribution in [2.24, 2.45) is 0 Å². The van der Waals surface area contributed by atoms with Crippen LogP contribution in [0.15, 0.2) is 54.6 Å². The monoisotopic (exact) mass is 408 g/mol. The molecule has 2 aromatic rings. The van der Waals surface area contributed by atoms with E-state index in [-0.39, 0.29) is 18.1 Å². The number of halogens is 3. The van der Waals surface area contributed by atoms with Gasteiger partial charge in [0.25, 0.3) is 5.91 Å². The number of rotatable bonds is 7. The molecule has 154 valence electrons. The van der Waals surface area contributed by atoms with Crippen LogP contribution in [-0.4, -0.2) is 43.8 Å². The predicted molar refractivity (Wildman–Crippen MR) is 101 cm³/mol. The number of ether oxygens (including phenoxy) is 2. The second-order valence-corrected chi connectivity index (χ2v) is 6.01. The van der Waals surface area contributed by atoms with Crippen molar-refractivity contribution in [2.45, 2.75) is 6.36 Å². The fourth-order valence-electron chi connectivity index (χ4n) is 2.09. The highest BCUT2D eigenvalue weighted by Crippen LogP contribution is 2.27. The molecule has 0 atom stereocenters. The van der Waals surface area contributed by atoms with Crippen LogP contribution in [0.5, 0.6) is 11.5 Å². The number of carbonyl (C=O) groups is 2. The molecule has 0 aliphatic carbocycles. The van der Waals surface area contributed by atoms with Gasteiger partial charge in [0.15, 0.2) is 6.61 Å². The Bertz CT molecular complexity index is 878. The Morgan fingerprint density at radius 2 is 1.72 bits per heavy atom. The van der Waals surface area contributed by atoms with Gasteiger partial charge >= 0.3 is 6.36 Å². The van der Waals surface area contributed by atoms with Crippen molar-refractivity contribution in [3.05, 3.63) is 60.2 Å². The van der Waals surface area contributed by atoms with Gasteiger partial charge in [0.05, 0.1) is 0 Å². The first-order valence-corrected chi connectivity index (χ1v) is 8.41. The maximum absolute atomic E-state index is 12.4. The molecular formula is C20H19F3N2O4. The van der Waals surface area contributed by atoms with Crippen LogP contribution in [0, 0.1) is 0 Å². The van der Waals surface area contributed by atoms with Gasteiger partial charge in [0.1, 0.15) is 11.5 Å². The van der Waals surface area contributed by atoms with Crippen molar-refractivity contribution in [1.29, 1.82) is 0 Å². The minimum absolute atomic E-state index is 0.106. The van der Waals surface area contributed by atoms with Crippen molar-refractivity contribution >= 4 is 23.6 Å². The van der Waals surface area contributed by atoms with Crippen molar-refractivity contribution in [3.63, 3.8) is 0 Å². The predicted octanol–water partition coefficient (Wildman–Crippen LogP) is 3.70. The second kappa shape index (κ2) is 9.63. The van der Waals surface area contributed by atoms with Crippen LogP contribution >= 0.6 is 0 Å². The van der Waals surface area contributed by atoms with Crippen LogP contribution in [-0.2, 0) is 9.59 Å². The van der Waals surface area contributed by atoms with Crippen LogP contribution in [0.25, 0.3) is 6.08 Å². The molecule has 2 amide bonds. The van der Waals surface area contributed by atoms with Crippen LogP contribution < -0.4 is 14.8 Å². The third-order valence-electron chi connectivity index (χ3n) is 3.54. The lowest BCUT2D eigenvalue weighted by Crippen LogP contribution is -2.27. The number of anilines is 1. The summed E-state index contributed by atoms with van der Waals surface area (Å²) in [7, 11) is 3.23. The molecule has 29 heavy (non-hydrogen) atoms. The smallest absolute Gasteiger partial charge is 0.484 e. The van der Waals surface area contributed by atoms with E-state index in [0.29, 0.717) is 11.4 Å². The van der Waals surface area contributed by atoms with Gasteiger partial charge in [0, 0.05) is 31.4 Å². The van der Waals surface area contributed by atoms with E-state index in [2.05, 4.69) is 10.1 Å². The van der Waals surface area contributed by atoms with Crippen LogP contribution in [0.3, 0.4) is 0 Å². The van der Waals surface area contributed by atoms with E-state index in [1.54, 1.807) is 38.4 Å². The number of alkyl halides is 3. The van der Waals surface area contributed by atoms with Gasteiger partial charge in [-0.05, 0) is 36.4 Å². The number of para-hydroxylation sites is 1. The van der Waals surface area contributed by atoms with Crippen molar-refractivity contribution in [2.75, 3.05) is 26.0 Å².